The Hall–Kier alpha value is -0.810. The van der Waals surface area contributed by atoms with Crippen molar-refractivity contribution in [1.82, 2.24) is 5.32 Å². The van der Waals surface area contributed by atoms with Crippen molar-refractivity contribution < 1.29 is 9.94 Å². The number of ether oxygens (including phenoxy) is 1. The number of hydrogen-bond acceptors (Lipinski definition) is 4. The maximum atomic E-state index is 8.57. The lowest BCUT2D eigenvalue weighted by molar-refractivity contribution is 0.0760. The summed E-state index contributed by atoms with van der Waals surface area (Å²) >= 11 is 0. The second kappa shape index (κ2) is 7.59. The van der Waals surface area contributed by atoms with E-state index in [4.69, 9.17) is 15.7 Å². The van der Waals surface area contributed by atoms with Gasteiger partial charge in [0.15, 0.2) is 0 Å². The van der Waals surface area contributed by atoms with E-state index >= 15 is 0 Å². The molecular formula is C13H27N3O2. The van der Waals surface area contributed by atoms with Gasteiger partial charge < -0.3 is 21.0 Å². The van der Waals surface area contributed by atoms with E-state index in [-0.39, 0.29) is 5.41 Å². The van der Waals surface area contributed by atoms with Crippen LogP contribution in [0.15, 0.2) is 5.16 Å². The monoisotopic (exact) mass is 257 g/mol. The van der Waals surface area contributed by atoms with Crippen LogP contribution in [0.2, 0.25) is 0 Å². The highest BCUT2D eigenvalue weighted by molar-refractivity contribution is 5.80. The van der Waals surface area contributed by atoms with Gasteiger partial charge in [0.2, 0.25) is 0 Å². The normalized spacial score (nSPS) is 18.3. The number of oxime groups is 1. The van der Waals surface area contributed by atoms with Crippen molar-refractivity contribution in [3.8, 4) is 0 Å². The minimum Gasteiger partial charge on any atom is -0.409 e. The zero-order valence-corrected chi connectivity index (χ0v) is 11.6. The van der Waals surface area contributed by atoms with E-state index in [9.17, 15) is 0 Å². The standard InChI is InChI=1S/C13H27N3O2/c1-11(2)18-8-4-3-7-15-10-13(5-6-13)9-12(14)16-17/h11,15,17H,3-10H2,1-2H3,(H2,14,16). The molecule has 0 aromatic heterocycles. The van der Waals surface area contributed by atoms with Crippen LogP contribution in [0.4, 0.5) is 0 Å². The Morgan fingerprint density at radius 3 is 2.72 bits per heavy atom. The maximum absolute atomic E-state index is 8.57. The van der Waals surface area contributed by atoms with Gasteiger partial charge in [-0.1, -0.05) is 5.16 Å². The Bertz CT molecular complexity index is 263. The number of nitrogens with one attached hydrogen (secondary N) is 1. The predicted molar refractivity (Wildman–Crippen MR) is 72.9 cm³/mol. The Labute approximate surface area is 110 Å². The number of nitrogens with two attached hydrogens (primary N) is 1. The van der Waals surface area contributed by atoms with Crippen molar-refractivity contribution in [1.29, 1.82) is 0 Å². The summed E-state index contributed by atoms with van der Waals surface area (Å²) in [6, 6.07) is 0. The van der Waals surface area contributed by atoms with E-state index in [0.717, 1.165) is 32.5 Å². The molecule has 0 spiro atoms. The fourth-order valence-electron chi connectivity index (χ4n) is 2.04. The fraction of sp³-hybridized carbons (Fsp3) is 0.923. The number of amidine groups is 1. The molecule has 1 fully saturated rings. The summed E-state index contributed by atoms with van der Waals surface area (Å²) in [7, 11) is 0. The first-order valence-electron chi connectivity index (χ1n) is 6.87. The van der Waals surface area contributed by atoms with Gasteiger partial charge in [0.05, 0.1) is 6.10 Å². The average Bonchev–Trinajstić information content (AvgIpc) is 3.07. The van der Waals surface area contributed by atoms with Gasteiger partial charge in [0.1, 0.15) is 5.84 Å². The quantitative estimate of drug-likeness (QED) is 0.183. The van der Waals surface area contributed by atoms with E-state index in [0.29, 0.717) is 18.4 Å². The van der Waals surface area contributed by atoms with Crippen molar-refractivity contribution in [3.05, 3.63) is 0 Å². The molecule has 0 heterocycles. The number of rotatable bonds is 10. The highest BCUT2D eigenvalue weighted by Crippen LogP contribution is 2.48. The van der Waals surface area contributed by atoms with Crippen LogP contribution >= 0.6 is 0 Å². The number of hydrogen-bond donors (Lipinski definition) is 3. The molecule has 106 valence electrons. The van der Waals surface area contributed by atoms with Crippen LogP contribution in [-0.2, 0) is 4.74 Å². The zero-order chi connectivity index (χ0) is 13.4. The summed E-state index contributed by atoms with van der Waals surface area (Å²) in [6.07, 6.45) is 5.60. The third-order valence-corrected chi connectivity index (χ3v) is 3.34. The van der Waals surface area contributed by atoms with Crippen LogP contribution in [0.5, 0.6) is 0 Å². The van der Waals surface area contributed by atoms with E-state index in [2.05, 4.69) is 24.3 Å². The van der Waals surface area contributed by atoms with Gasteiger partial charge in [0.25, 0.3) is 0 Å². The summed E-state index contributed by atoms with van der Waals surface area (Å²) in [5.41, 5.74) is 5.81. The largest absolute Gasteiger partial charge is 0.409 e. The molecule has 5 heteroatoms. The minimum absolute atomic E-state index is 0.255. The lowest BCUT2D eigenvalue weighted by atomic mass is 10.0. The Morgan fingerprint density at radius 1 is 1.44 bits per heavy atom. The molecule has 0 amide bonds. The first-order chi connectivity index (χ1) is 8.58. The van der Waals surface area contributed by atoms with Crippen molar-refractivity contribution >= 4 is 5.84 Å². The van der Waals surface area contributed by atoms with Crippen LogP contribution in [-0.4, -0.2) is 36.8 Å². The highest BCUT2D eigenvalue weighted by Gasteiger charge is 2.42. The lowest BCUT2D eigenvalue weighted by Gasteiger charge is -2.15. The predicted octanol–water partition coefficient (Wildman–Crippen LogP) is 1.70. The number of nitrogens with zero attached hydrogens (tertiary/aromatic N) is 1. The molecule has 1 aliphatic rings. The molecular weight excluding hydrogens is 230 g/mol. The van der Waals surface area contributed by atoms with E-state index < -0.39 is 0 Å². The molecule has 1 aliphatic carbocycles. The summed E-state index contributed by atoms with van der Waals surface area (Å²) < 4.78 is 5.48. The van der Waals surface area contributed by atoms with Crippen LogP contribution < -0.4 is 11.1 Å². The fourth-order valence-corrected chi connectivity index (χ4v) is 2.04. The van der Waals surface area contributed by atoms with E-state index in [1.807, 2.05) is 0 Å². The molecule has 18 heavy (non-hydrogen) atoms. The van der Waals surface area contributed by atoms with Crippen LogP contribution in [0.25, 0.3) is 0 Å². The van der Waals surface area contributed by atoms with Gasteiger partial charge in [-0.2, -0.15) is 0 Å². The minimum atomic E-state index is 0.255. The molecule has 1 saturated carbocycles. The Kier molecular flexibility index (Phi) is 6.43. The second-order valence-electron chi connectivity index (χ2n) is 5.57. The Balaban J connectivity index is 1.98. The molecule has 0 aromatic carbocycles. The molecule has 5 nitrogen and oxygen atoms in total. The zero-order valence-electron chi connectivity index (χ0n) is 11.6. The molecule has 0 atom stereocenters. The molecule has 1 rings (SSSR count). The van der Waals surface area contributed by atoms with Gasteiger partial charge in [-0.3, -0.25) is 0 Å². The number of unbranched alkanes of at least 4 members (excludes halogenated alkanes) is 1. The third kappa shape index (κ3) is 6.21. The molecule has 0 aliphatic heterocycles. The van der Waals surface area contributed by atoms with E-state index in [1.165, 1.54) is 12.8 Å². The van der Waals surface area contributed by atoms with Crippen molar-refractivity contribution in [2.75, 3.05) is 19.7 Å². The van der Waals surface area contributed by atoms with Crippen LogP contribution in [0.3, 0.4) is 0 Å². The van der Waals surface area contributed by atoms with Crippen molar-refractivity contribution in [2.45, 2.75) is 52.1 Å². The summed E-state index contributed by atoms with van der Waals surface area (Å²) in [6.45, 7) is 6.94. The molecule has 0 unspecified atom stereocenters. The van der Waals surface area contributed by atoms with Crippen molar-refractivity contribution in [2.24, 2.45) is 16.3 Å². The van der Waals surface area contributed by atoms with Crippen molar-refractivity contribution in [3.63, 3.8) is 0 Å². The molecule has 4 N–H and O–H groups in total. The molecule has 0 saturated heterocycles. The molecule has 0 bridgehead atoms. The third-order valence-electron chi connectivity index (χ3n) is 3.34. The smallest absolute Gasteiger partial charge is 0.139 e. The van der Waals surface area contributed by atoms with Gasteiger partial charge in [-0.05, 0) is 51.5 Å². The summed E-state index contributed by atoms with van der Waals surface area (Å²) in [4.78, 5) is 0. The molecule has 0 aromatic rings. The average molecular weight is 257 g/mol. The SMILES string of the molecule is CC(C)OCCCCNCC1(CC(N)=NO)CC1. The first-order valence-corrected chi connectivity index (χ1v) is 6.87. The summed E-state index contributed by atoms with van der Waals surface area (Å²) in [5, 5.41) is 15.1. The second-order valence-corrected chi connectivity index (χ2v) is 5.57. The van der Waals surface area contributed by atoms with E-state index in [1.54, 1.807) is 0 Å². The summed E-state index contributed by atoms with van der Waals surface area (Å²) in [5.74, 6) is 0.347. The van der Waals surface area contributed by atoms with Gasteiger partial charge in [-0.15, -0.1) is 0 Å². The first kappa shape index (κ1) is 15.2. The Morgan fingerprint density at radius 2 is 2.17 bits per heavy atom. The maximum Gasteiger partial charge on any atom is 0.139 e. The van der Waals surface area contributed by atoms with Gasteiger partial charge in [0, 0.05) is 19.6 Å². The van der Waals surface area contributed by atoms with Crippen LogP contribution in [0.1, 0.15) is 46.0 Å². The van der Waals surface area contributed by atoms with Gasteiger partial charge in [-0.25, -0.2) is 0 Å². The molecule has 0 radical (unpaired) electrons. The van der Waals surface area contributed by atoms with Gasteiger partial charge >= 0.3 is 0 Å². The van der Waals surface area contributed by atoms with Crippen LogP contribution in [0, 0.1) is 5.41 Å². The highest BCUT2D eigenvalue weighted by atomic mass is 16.5. The lowest BCUT2D eigenvalue weighted by Crippen LogP contribution is -2.29. The topological polar surface area (TPSA) is 79.9 Å².